The van der Waals surface area contributed by atoms with Crippen molar-refractivity contribution in [1.82, 2.24) is 10.2 Å². The van der Waals surface area contributed by atoms with Crippen LogP contribution in [0.5, 0.6) is 0 Å². The Morgan fingerprint density at radius 3 is 2.89 bits per heavy atom. The molecule has 1 heterocycles. The third kappa shape index (κ3) is 0.941. The first-order valence-electron chi connectivity index (χ1n) is 2.35. The van der Waals surface area contributed by atoms with Gasteiger partial charge in [0.25, 0.3) is 0 Å². The Hall–Kier alpha value is -1.63. The molecule has 0 saturated carbocycles. The summed E-state index contributed by atoms with van der Waals surface area (Å²) in [6, 6.07) is 2.22. The Labute approximate surface area is 52.2 Å². The summed E-state index contributed by atoms with van der Waals surface area (Å²) in [6.45, 7) is 0. The van der Waals surface area contributed by atoms with Crippen molar-refractivity contribution in [2.24, 2.45) is 5.73 Å². The quantitative estimate of drug-likeness (QED) is 0.313. The first kappa shape index (κ1) is 5.51. The molecule has 0 amide bonds. The van der Waals surface area contributed by atoms with Gasteiger partial charge < -0.3 is 11.5 Å². The highest BCUT2D eigenvalue weighted by molar-refractivity contribution is 5.48. The van der Waals surface area contributed by atoms with Crippen LogP contribution in [0.1, 0.15) is 5.56 Å². The minimum Gasteiger partial charge on any atom is -0.383 e. The van der Waals surface area contributed by atoms with Crippen molar-refractivity contribution in [3.05, 3.63) is 11.8 Å². The average molecular weight is 122 g/mol. The number of aromatic nitrogens is 2. The number of nitrogens with one attached hydrogen (secondary N) is 1. The number of aromatic amines is 1. The number of rotatable bonds is 0. The zero-order valence-electron chi connectivity index (χ0n) is 4.68. The van der Waals surface area contributed by atoms with E-state index in [-0.39, 0.29) is 0 Å². The highest BCUT2D eigenvalue weighted by Crippen LogP contribution is 2.01. The maximum atomic E-state index is 5.35. The number of anilines is 1. The molecular formula is C5H6N4. The van der Waals surface area contributed by atoms with Crippen molar-refractivity contribution in [2.75, 3.05) is 5.73 Å². The molecule has 0 bridgehead atoms. The Morgan fingerprint density at radius 1 is 1.67 bits per heavy atom. The molecule has 9 heavy (non-hydrogen) atoms. The zero-order chi connectivity index (χ0) is 6.69. The van der Waals surface area contributed by atoms with E-state index in [0.717, 1.165) is 0 Å². The summed E-state index contributed by atoms with van der Waals surface area (Å²) >= 11 is 0. The van der Waals surface area contributed by atoms with Crippen LogP contribution in [0.2, 0.25) is 0 Å². The molecule has 1 aromatic rings. The minimum atomic E-state index is 0.452. The molecule has 0 aliphatic heterocycles. The fraction of sp³-hybridized carbons (Fsp3) is 0. The summed E-state index contributed by atoms with van der Waals surface area (Å²) in [6.07, 6.45) is 1.52. The van der Waals surface area contributed by atoms with Crippen molar-refractivity contribution >= 4 is 5.82 Å². The fourth-order valence-corrected chi connectivity index (χ4v) is 0.473. The lowest BCUT2D eigenvalue weighted by atomic mass is 10.3. The fourth-order valence-electron chi connectivity index (χ4n) is 0.473. The van der Waals surface area contributed by atoms with Gasteiger partial charge in [0.05, 0.1) is 11.8 Å². The normalized spacial score (nSPS) is 8.00. The molecule has 0 saturated heterocycles. The van der Waals surface area contributed by atoms with Crippen molar-refractivity contribution in [2.45, 2.75) is 0 Å². The predicted molar refractivity (Wildman–Crippen MR) is 34.1 cm³/mol. The van der Waals surface area contributed by atoms with Gasteiger partial charge in [-0.3, -0.25) is 5.10 Å². The lowest BCUT2D eigenvalue weighted by molar-refractivity contribution is 1.10. The summed E-state index contributed by atoms with van der Waals surface area (Å²) in [5, 5.41) is 6.16. The van der Waals surface area contributed by atoms with Crippen molar-refractivity contribution in [3.8, 4) is 12.0 Å². The summed E-state index contributed by atoms with van der Waals surface area (Å²) in [5.74, 6) is 3.02. The van der Waals surface area contributed by atoms with Gasteiger partial charge in [-0.05, 0) is 5.92 Å². The van der Waals surface area contributed by atoms with Crippen molar-refractivity contribution in [1.29, 1.82) is 0 Å². The highest BCUT2D eigenvalue weighted by Gasteiger charge is 1.93. The molecule has 0 fully saturated rings. The van der Waals surface area contributed by atoms with Gasteiger partial charge in [-0.25, -0.2) is 0 Å². The van der Waals surface area contributed by atoms with Crippen LogP contribution in [-0.4, -0.2) is 10.2 Å². The average Bonchev–Trinajstić information content (AvgIpc) is 2.18. The van der Waals surface area contributed by atoms with Crippen LogP contribution in [0.4, 0.5) is 5.82 Å². The van der Waals surface area contributed by atoms with E-state index in [9.17, 15) is 0 Å². The first-order chi connectivity index (χ1) is 4.34. The molecule has 0 spiro atoms. The van der Waals surface area contributed by atoms with Crippen molar-refractivity contribution < 1.29 is 0 Å². The molecule has 1 aromatic heterocycles. The van der Waals surface area contributed by atoms with Gasteiger partial charge in [0, 0.05) is 6.04 Å². The molecule has 0 aliphatic carbocycles. The van der Waals surface area contributed by atoms with Gasteiger partial charge in [-0.1, -0.05) is 0 Å². The Kier molecular flexibility index (Phi) is 1.28. The number of H-pyrrole nitrogens is 1. The van der Waals surface area contributed by atoms with E-state index in [4.69, 9.17) is 11.5 Å². The lowest BCUT2D eigenvalue weighted by Crippen LogP contribution is -1.87. The zero-order valence-corrected chi connectivity index (χ0v) is 4.68. The molecule has 4 nitrogen and oxygen atoms in total. The standard InChI is InChI=1S/C5H6N4/c6-2-1-4-3-8-9-5(4)7/h3H,6H2,(H3,7,8,9). The maximum absolute atomic E-state index is 5.35. The Bertz CT molecular complexity index is 251. The second-order valence-corrected chi connectivity index (χ2v) is 1.47. The largest absolute Gasteiger partial charge is 0.383 e. The van der Waals surface area contributed by atoms with Gasteiger partial charge in [0.15, 0.2) is 0 Å². The van der Waals surface area contributed by atoms with Crippen LogP contribution in [0.3, 0.4) is 0 Å². The van der Waals surface area contributed by atoms with Crippen LogP contribution in [0, 0.1) is 12.0 Å². The van der Waals surface area contributed by atoms with Crippen LogP contribution in [-0.2, 0) is 0 Å². The van der Waals surface area contributed by atoms with Gasteiger partial charge in [0.2, 0.25) is 0 Å². The van der Waals surface area contributed by atoms with E-state index < -0.39 is 0 Å². The smallest absolute Gasteiger partial charge is 0.134 e. The third-order valence-corrected chi connectivity index (χ3v) is 0.876. The number of hydrogen-bond donors (Lipinski definition) is 3. The second kappa shape index (κ2) is 2.09. The Morgan fingerprint density at radius 2 is 2.44 bits per heavy atom. The molecule has 5 N–H and O–H groups in total. The van der Waals surface area contributed by atoms with E-state index in [1.54, 1.807) is 0 Å². The van der Waals surface area contributed by atoms with Gasteiger partial charge in [-0.2, -0.15) is 5.10 Å². The summed E-state index contributed by atoms with van der Waals surface area (Å²) in [4.78, 5) is 0. The summed E-state index contributed by atoms with van der Waals surface area (Å²) in [5.41, 5.74) is 10.9. The van der Waals surface area contributed by atoms with Crippen LogP contribution >= 0.6 is 0 Å². The monoisotopic (exact) mass is 122 g/mol. The number of nitrogens with two attached hydrogens (primary N) is 2. The van der Waals surface area contributed by atoms with E-state index >= 15 is 0 Å². The van der Waals surface area contributed by atoms with Crippen LogP contribution in [0.25, 0.3) is 0 Å². The molecule has 0 radical (unpaired) electrons. The molecule has 0 aliphatic rings. The van der Waals surface area contributed by atoms with E-state index in [1.807, 2.05) is 0 Å². The van der Waals surface area contributed by atoms with Gasteiger partial charge in [0.1, 0.15) is 5.82 Å². The van der Waals surface area contributed by atoms with Crippen molar-refractivity contribution in [3.63, 3.8) is 0 Å². The maximum Gasteiger partial charge on any atom is 0.134 e. The molecule has 0 aromatic carbocycles. The highest BCUT2D eigenvalue weighted by atomic mass is 15.1. The SMILES string of the molecule is NC#Cc1cn[nH]c1N. The Balaban J connectivity index is 3.03. The molecule has 1 rings (SSSR count). The number of nitrogens with zero attached hydrogens (tertiary/aromatic N) is 1. The number of nitrogen functional groups attached to an aromatic ring is 1. The molecular weight excluding hydrogens is 116 g/mol. The molecule has 46 valence electrons. The summed E-state index contributed by atoms with van der Waals surface area (Å²) < 4.78 is 0. The van der Waals surface area contributed by atoms with Crippen LogP contribution < -0.4 is 11.5 Å². The van der Waals surface area contributed by atoms with Gasteiger partial charge in [-0.15, -0.1) is 0 Å². The second-order valence-electron chi connectivity index (χ2n) is 1.47. The third-order valence-electron chi connectivity index (χ3n) is 0.876. The molecule has 4 heteroatoms. The predicted octanol–water partition coefficient (Wildman–Crippen LogP) is -0.740. The first-order valence-corrected chi connectivity index (χ1v) is 2.35. The lowest BCUT2D eigenvalue weighted by Gasteiger charge is -1.80. The molecule has 0 atom stereocenters. The molecule has 0 unspecified atom stereocenters. The minimum absolute atomic E-state index is 0.452. The summed E-state index contributed by atoms with van der Waals surface area (Å²) in [7, 11) is 0. The van der Waals surface area contributed by atoms with E-state index in [0.29, 0.717) is 11.4 Å². The van der Waals surface area contributed by atoms with Crippen LogP contribution in [0.15, 0.2) is 6.20 Å². The van der Waals surface area contributed by atoms with Gasteiger partial charge >= 0.3 is 0 Å². The van der Waals surface area contributed by atoms with E-state index in [2.05, 4.69) is 22.2 Å². The van der Waals surface area contributed by atoms with E-state index in [1.165, 1.54) is 6.20 Å². The number of hydrogen-bond acceptors (Lipinski definition) is 3. The topological polar surface area (TPSA) is 80.7 Å².